The second-order valence-corrected chi connectivity index (χ2v) is 7.38. The number of allylic oxidation sites excluding steroid dienone is 2. The summed E-state index contributed by atoms with van der Waals surface area (Å²) in [5.41, 5.74) is 2.39. The van der Waals surface area contributed by atoms with Crippen LogP contribution in [-0.4, -0.2) is 54.9 Å². The molecule has 0 radical (unpaired) electrons. The van der Waals surface area contributed by atoms with Gasteiger partial charge in [0, 0.05) is 12.8 Å². The number of hydrogen-bond acceptors (Lipinski definition) is 6. The van der Waals surface area contributed by atoms with Gasteiger partial charge in [-0.3, -0.25) is 0 Å². The molecule has 1 aliphatic heterocycles. The van der Waals surface area contributed by atoms with Gasteiger partial charge in [0.15, 0.2) is 17.3 Å². The Balaban J connectivity index is 1.77. The second kappa shape index (κ2) is 10.4. The maximum Gasteiger partial charge on any atom is 0.161 e. The van der Waals surface area contributed by atoms with Gasteiger partial charge in [-0.25, -0.2) is 9.67 Å². The highest BCUT2D eigenvalue weighted by Crippen LogP contribution is 2.28. The van der Waals surface area contributed by atoms with Crippen molar-refractivity contribution in [3.05, 3.63) is 47.1 Å². The van der Waals surface area contributed by atoms with Gasteiger partial charge in [-0.15, -0.1) is 0 Å². The van der Waals surface area contributed by atoms with Crippen LogP contribution >= 0.6 is 0 Å². The van der Waals surface area contributed by atoms with Crippen LogP contribution in [0.2, 0.25) is 0 Å². The first-order chi connectivity index (χ1) is 14.1. The Kier molecular flexibility index (Phi) is 7.66. The third-order valence-electron chi connectivity index (χ3n) is 4.78. The zero-order valence-corrected chi connectivity index (χ0v) is 17.8. The van der Waals surface area contributed by atoms with Gasteiger partial charge in [-0.05, 0) is 38.0 Å². The SMILES string of the molecule is COc1ccc(Cc2nc(CCC=C(C)C)n(CC3COCCO3)n2)cc1OC. The van der Waals surface area contributed by atoms with Gasteiger partial charge in [0.25, 0.3) is 0 Å². The molecule has 0 N–H and O–H groups in total. The Morgan fingerprint density at radius 1 is 1.21 bits per heavy atom. The number of rotatable bonds is 9. The Morgan fingerprint density at radius 2 is 2.03 bits per heavy atom. The van der Waals surface area contributed by atoms with Crippen molar-refractivity contribution in [2.24, 2.45) is 0 Å². The lowest BCUT2D eigenvalue weighted by atomic mass is 10.1. The van der Waals surface area contributed by atoms with Crippen LogP contribution in [0.5, 0.6) is 11.5 Å². The summed E-state index contributed by atoms with van der Waals surface area (Å²) in [5.74, 6) is 3.20. The lowest BCUT2D eigenvalue weighted by Gasteiger charge is -2.23. The molecule has 2 aromatic rings. The third kappa shape index (κ3) is 6.05. The molecule has 29 heavy (non-hydrogen) atoms. The van der Waals surface area contributed by atoms with Crippen molar-refractivity contribution in [1.29, 1.82) is 0 Å². The van der Waals surface area contributed by atoms with E-state index in [0.29, 0.717) is 44.3 Å². The van der Waals surface area contributed by atoms with E-state index in [-0.39, 0.29) is 6.10 Å². The largest absolute Gasteiger partial charge is 0.493 e. The summed E-state index contributed by atoms with van der Waals surface area (Å²) in [5, 5.41) is 4.77. The number of benzene rings is 1. The first kappa shape index (κ1) is 21.3. The fourth-order valence-electron chi connectivity index (χ4n) is 3.33. The van der Waals surface area contributed by atoms with Crippen molar-refractivity contribution in [2.75, 3.05) is 34.0 Å². The van der Waals surface area contributed by atoms with Crippen LogP contribution in [-0.2, 0) is 28.9 Å². The van der Waals surface area contributed by atoms with Gasteiger partial charge in [-0.1, -0.05) is 17.7 Å². The van der Waals surface area contributed by atoms with Crippen molar-refractivity contribution in [2.45, 2.75) is 45.8 Å². The van der Waals surface area contributed by atoms with Crippen molar-refractivity contribution < 1.29 is 18.9 Å². The van der Waals surface area contributed by atoms with E-state index in [1.54, 1.807) is 14.2 Å². The predicted octanol–water partition coefficient (Wildman–Crippen LogP) is 3.20. The molecule has 158 valence electrons. The van der Waals surface area contributed by atoms with Gasteiger partial charge >= 0.3 is 0 Å². The number of ether oxygens (including phenoxy) is 4. The first-order valence-corrected chi connectivity index (χ1v) is 10.0. The minimum absolute atomic E-state index is 0.0154. The fourth-order valence-corrected chi connectivity index (χ4v) is 3.33. The highest BCUT2D eigenvalue weighted by molar-refractivity contribution is 5.43. The summed E-state index contributed by atoms with van der Waals surface area (Å²) in [4.78, 5) is 4.82. The third-order valence-corrected chi connectivity index (χ3v) is 4.78. The summed E-state index contributed by atoms with van der Waals surface area (Å²) in [6, 6.07) is 5.90. The Labute approximate surface area is 172 Å². The van der Waals surface area contributed by atoms with Crippen LogP contribution in [0.15, 0.2) is 29.8 Å². The van der Waals surface area contributed by atoms with E-state index in [2.05, 4.69) is 19.9 Å². The topological polar surface area (TPSA) is 67.6 Å². The van der Waals surface area contributed by atoms with Gasteiger partial charge in [0.05, 0.1) is 40.6 Å². The first-order valence-electron chi connectivity index (χ1n) is 10.0. The molecule has 1 unspecified atom stereocenters. The molecule has 3 rings (SSSR count). The molecule has 0 saturated carbocycles. The van der Waals surface area contributed by atoms with E-state index in [1.807, 2.05) is 22.9 Å². The van der Waals surface area contributed by atoms with Crippen LogP contribution < -0.4 is 9.47 Å². The van der Waals surface area contributed by atoms with Crippen LogP contribution in [0.1, 0.15) is 37.5 Å². The number of hydrogen-bond donors (Lipinski definition) is 0. The smallest absolute Gasteiger partial charge is 0.161 e. The number of methoxy groups -OCH3 is 2. The summed E-state index contributed by atoms with van der Waals surface area (Å²) in [6.45, 7) is 6.76. The van der Waals surface area contributed by atoms with Crippen molar-refractivity contribution in [1.82, 2.24) is 14.8 Å². The molecular formula is C22H31N3O4. The molecule has 0 amide bonds. The van der Waals surface area contributed by atoms with Gasteiger partial charge in [-0.2, -0.15) is 5.10 Å². The molecule has 0 bridgehead atoms. The Bertz CT molecular complexity index is 821. The molecule has 1 aromatic heterocycles. The fraction of sp³-hybridized carbons (Fsp3) is 0.545. The number of nitrogens with zero attached hydrogens (tertiary/aromatic N) is 3. The van der Waals surface area contributed by atoms with Crippen LogP contribution in [0.3, 0.4) is 0 Å². The molecule has 7 heteroatoms. The maximum atomic E-state index is 5.81. The molecule has 7 nitrogen and oxygen atoms in total. The van der Waals surface area contributed by atoms with E-state index in [9.17, 15) is 0 Å². The lowest BCUT2D eigenvalue weighted by Crippen LogP contribution is -2.33. The lowest BCUT2D eigenvalue weighted by molar-refractivity contribution is -0.0949. The standard InChI is InChI=1S/C22H31N3O4/c1-16(2)6-5-7-22-23-21(24-25(22)14-18-15-28-10-11-29-18)13-17-8-9-19(26-3)20(12-17)27-4/h6,8-9,12,18H,5,7,10-11,13-15H2,1-4H3. The van der Waals surface area contributed by atoms with Crippen LogP contribution in [0.25, 0.3) is 0 Å². The van der Waals surface area contributed by atoms with Crippen LogP contribution in [0, 0.1) is 0 Å². The van der Waals surface area contributed by atoms with Gasteiger partial charge < -0.3 is 18.9 Å². The van der Waals surface area contributed by atoms with Gasteiger partial charge in [0.2, 0.25) is 0 Å². The highest BCUT2D eigenvalue weighted by atomic mass is 16.6. The summed E-state index contributed by atoms with van der Waals surface area (Å²) < 4.78 is 24.1. The molecule has 1 fully saturated rings. The van der Waals surface area contributed by atoms with Gasteiger partial charge in [0.1, 0.15) is 11.9 Å². The van der Waals surface area contributed by atoms with E-state index in [1.165, 1.54) is 5.57 Å². The minimum atomic E-state index is 0.0154. The minimum Gasteiger partial charge on any atom is -0.493 e. The van der Waals surface area contributed by atoms with E-state index < -0.39 is 0 Å². The molecule has 1 aliphatic rings. The number of aryl methyl sites for hydroxylation is 1. The molecule has 1 saturated heterocycles. The van der Waals surface area contributed by atoms with E-state index in [4.69, 9.17) is 29.0 Å². The van der Waals surface area contributed by atoms with E-state index >= 15 is 0 Å². The summed E-state index contributed by atoms with van der Waals surface area (Å²) in [6.07, 6.45) is 4.66. The summed E-state index contributed by atoms with van der Waals surface area (Å²) >= 11 is 0. The molecule has 1 aromatic carbocycles. The molecule has 1 atom stereocenters. The van der Waals surface area contributed by atoms with Crippen LogP contribution in [0.4, 0.5) is 0 Å². The highest BCUT2D eigenvalue weighted by Gasteiger charge is 2.19. The number of aromatic nitrogens is 3. The second-order valence-electron chi connectivity index (χ2n) is 7.38. The average molecular weight is 402 g/mol. The zero-order chi connectivity index (χ0) is 20.6. The normalized spacial score (nSPS) is 16.5. The van der Waals surface area contributed by atoms with Crippen molar-refractivity contribution in [3.8, 4) is 11.5 Å². The Hall–Kier alpha value is -2.38. The van der Waals surface area contributed by atoms with E-state index in [0.717, 1.165) is 30.1 Å². The molecule has 0 aliphatic carbocycles. The van der Waals surface area contributed by atoms with Crippen molar-refractivity contribution >= 4 is 0 Å². The zero-order valence-electron chi connectivity index (χ0n) is 17.8. The molecule has 0 spiro atoms. The molecular weight excluding hydrogens is 370 g/mol. The predicted molar refractivity (Wildman–Crippen MR) is 111 cm³/mol. The quantitative estimate of drug-likeness (QED) is 0.601. The summed E-state index contributed by atoms with van der Waals surface area (Å²) in [7, 11) is 3.28. The Morgan fingerprint density at radius 3 is 2.72 bits per heavy atom. The molecule has 2 heterocycles. The maximum absolute atomic E-state index is 5.81. The monoisotopic (exact) mass is 401 g/mol. The average Bonchev–Trinajstić information content (AvgIpc) is 3.09. The van der Waals surface area contributed by atoms with Crippen molar-refractivity contribution in [3.63, 3.8) is 0 Å².